The first-order valence-corrected chi connectivity index (χ1v) is 8.05. The van der Waals surface area contributed by atoms with Crippen LogP contribution in [0.2, 0.25) is 0 Å². The highest BCUT2D eigenvalue weighted by Gasteiger charge is 2.25. The summed E-state index contributed by atoms with van der Waals surface area (Å²) in [6.07, 6.45) is 2.13. The topological polar surface area (TPSA) is 23.5 Å². The molecule has 0 aromatic heterocycles. The predicted molar refractivity (Wildman–Crippen MR) is 88.3 cm³/mol. The highest BCUT2D eigenvalue weighted by molar-refractivity contribution is 5.85. The molecule has 2 nitrogen and oxygen atoms in total. The van der Waals surface area contributed by atoms with Crippen LogP contribution in [0.3, 0.4) is 0 Å². The van der Waals surface area contributed by atoms with Gasteiger partial charge in [-0.05, 0) is 42.0 Å². The molecule has 2 aromatic rings. The molecule has 0 bridgehead atoms. The van der Waals surface area contributed by atoms with Crippen molar-refractivity contribution in [3.05, 3.63) is 48.0 Å². The van der Waals surface area contributed by atoms with Gasteiger partial charge in [-0.1, -0.05) is 49.4 Å². The van der Waals surface area contributed by atoms with E-state index in [2.05, 4.69) is 43.0 Å². The molecule has 0 spiro atoms. The molecule has 0 saturated carbocycles. The van der Waals surface area contributed by atoms with E-state index >= 15 is 0 Å². The van der Waals surface area contributed by atoms with Crippen LogP contribution in [0, 0.1) is 5.92 Å². The molecular formula is C19H25NO. The highest BCUT2D eigenvalue weighted by Crippen LogP contribution is 2.28. The van der Waals surface area contributed by atoms with Crippen LogP contribution in [-0.4, -0.2) is 29.1 Å². The number of rotatable bonds is 3. The molecule has 2 aromatic carbocycles. The smallest absolute Gasteiger partial charge is 0.0923 e. The van der Waals surface area contributed by atoms with Crippen molar-refractivity contribution in [1.29, 1.82) is 0 Å². The third-order valence-corrected chi connectivity index (χ3v) is 4.84. The Balaban J connectivity index is 1.82. The Hall–Kier alpha value is -1.38. The number of fused-ring (bicyclic) bond motifs is 1. The predicted octanol–water partition coefficient (Wildman–Crippen LogP) is 3.99. The summed E-state index contributed by atoms with van der Waals surface area (Å²) in [6, 6.07) is 15.1. The molecule has 0 radical (unpaired) electrons. The van der Waals surface area contributed by atoms with Gasteiger partial charge in [0.1, 0.15) is 0 Å². The molecule has 21 heavy (non-hydrogen) atoms. The molecule has 2 heteroatoms. The molecule has 1 aliphatic heterocycles. The maximum absolute atomic E-state index is 10.7. The van der Waals surface area contributed by atoms with Gasteiger partial charge < -0.3 is 5.11 Å². The third kappa shape index (κ3) is 3.12. The van der Waals surface area contributed by atoms with Crippen LogP contribution in [0.5, 0.6) is 0 Å². The molecule has 1 aliphatic rings. The number of β-amino-alcohol motifs (C(OH)–C–C–N with tert-alkyl or cyclic N) is 1. The van der Waals surface area contributed by atoms with Crippen LogP contribution in [0.4, 0.5) is 0 Å². The van der Waals surface area contributed by atoms with Gasteiger partial charge in [0.15, 0.2) is 0 Å². The lowest BCUT2D eigenvalue weighted by Crippen LogP contribution is -2.43. The van der Waals surface area contributed by atoms with Crippen molar-refractivity contribution >= 4 is 10.8 Å². The van der Waals surface area contributed by atoms with Crippen LogP contribution in [-0.2, 0) is 0 Å². The highest BCUT2D eigenvalue weighted by atomic mass is 16.3. The largest absolute Gasteiger partial charge is 0.387 e. The van der Waals surface area contributed by atoms with Crippen molar-refractivity contribution in [3.63, 3.8) is 0 Å². The first-order valence-electron chi connectivity index (χ1n) is 8.05. The van der Waals surface area contributed by atoms with Crippen molar-refractivity contribution in [2.24, 2.45) is 5.92 Å². The lowest BCUT2D eigenvalue weighted by Gasteiger charge is -2.38. The first-order chi connectivity index (χ1) is 10.1. The molecule has 3 unspecified atom stereocenters. The van der Waals surface area contributed by atoms with E-state index in [-0.39, 0.29) is 0 Å². The molecular weight excluding hydrogens is 258 g/mol. The molecule has 3 atom stereocenters. The normalized spacial score (nSPS) is 25.1. The van der Waals surface area contributed by atoms with Crippen LogP contribution >= 0.6 is 0 Å². The van der Waals surface area contributed by atoms with Gasteiger partial charge in [-0.2, -0.15) is 0 Å². The summed E-state index contributed by atoms with van der Waals surface area (Å²) in [7, 11) is 0. The fraction of sp³-hybridized carbons (Fsp3) is 0.474. The standard InChI is InChI=1S/C19H25NO/c1-14-10-11-15(2)20(12-14)13-19(21)18-9-5-7-16-6-3-4-8-17(16)18/h3-9,14-15,19,21H,10-13H2,1-2H3. The summed E-state index contributed by atoms with van der Waals surface area (Å²) >= 11 is 0. The average molecular weight is 283 g/mol. The molecule has 0 aliphatic carbocycles. The van der Waals surface area contributed by atoms with E-state index in [0.29, 0.717) is 6.04 Å². The van der Waals surface area contributed by atoms with Crippen molar-refractivity contribution in [2.45, 2.75) is 38.8 Å². The van der Waals surface area contributed by atoms with E-state index in [1.807, 2.05) is 18.2 Å². The fourth-order valence-corrected chi connectivity index (χ4v) is 3.50. The number of hydrogen-bond donors (Lipinski definition) is 1. The Bertz CT molecular complexity index is 604. The fourth-order valence-electron chi connectivity index (χ4n) is 3.50. The van der Waals surface area contributed by atoms with Crippen molar-refractivity contribution in [3.8, 4) is 0 Å². The van der Waals surface area contributed by atoms with Gasteiger partial charge in [0.25, 0.3) is 0 Å². The monoisotopic (exact) mass is 283 g/mol. The van der Waals surface area contributed by atoms with Gasteiger partial charge in [-0.3, -0.25) is 4.90 Å². The van der Waals surface area contributed by atoms with Gasteiger partial charge in [0, 0.05) is 19.1 Å². The second-order valence-electron chi connectivity index (χ2n) is 6.57. The maximum atomic E-state index is 10.7. The van der Waals surface area contributed by atoms with Crippen molar-refractivity contribution in [2.75, 3.05) is 13.1 Å². The summed E-state index contributed by atoms with van der Waals surface area (Å²) < 4.78 is 0. The quantitative estimate of drug-likeness (QED) is 0.920. The summed E-state index contributed by atoms with van der Waals surface area (Å²) in [5.74, 6) is 0.737. The van der Waals surface area contributed by atoms with E-state index in [9.17, 15) is 5.11 Å². The first kappa shape index (κ1) is 14.6. The minimum absolute atomic E-state index is 0.413. The number of likely N-dealkylation sites (tertiary alicyclic amines) is 1. The van der Waals surface area contributed by atoms with Gasteiger partial charge in [-0.15, -0.1) is 0 Å². The van der Waals surface area contributed by atoms with Crippen LogP contribution in [0.1, 0.15) is 38.4 Å². The number of benzene rings is 2. The Labute approximate surface area is 127 Å². The summed E-state index contributed by atoms with van der Waals surface area (Å²) in [6.45, 7) is 6.42. The number of nitrogens with zero attached hydrogens (tertiary/aromatic N) is 1. The van der Waals surface area contributed by atoms with Gasteiger partial charge in [0.2, 0.25) is 0 Å². The zero-order chi connectivity index (χ0) is 14.8. The SMILES string of the molecule is CC1CCC(C)N(CC(O)c2cccc3ccccc23)C1. The third-order valence-electron chi connectivity index (χ3n) is 4.84. The minimum Gasteiger partial charge on any atom is -0.387 e. The van der Waals surface area contributed by atoms with Gasteiger partial charge >= 0.3 is 0 Å². The average Bonchev–Trinajstić information content (AvgIpc) is 2.50. The van der Waals surface area contributed by atoms with Crippen LogP contribution < -0.4 is 0 Å². The Kier molecular flexibility index (Phi) is 4.27. The summed E-state index contributed by atoms with van der Waals surface area (Å²) in [5, 5.41) is 13.1. The second kappa shape index (κ2) is 6.17. The lowest BCUT2D eigenvalue weighted by molar-refractivity contribution is 0.0574. The molecule has 3 rings (SSSR count). The Morgan fingerprint density at radius 3 is 2.71 bits per heavy atom. The number of hydrogen-bond acceptors (Lipinski definition) is 2. The maximum Gasteiger partial charge on any atom is 0.0923 e. The van der Waals surface area contributed by atoms with Gasteiger partial charge in [0.05, 0.1) is 6.10 Å². The molecule has 1 heterocycles. The van der Waals surface area contributed by atoms with Crippen LogP contribution in [0.25, 0.3) is 10.8 Å². The Morgan fingerprint density at radius 2 is 1.86 bits per heavy atom. The second-order valence-corrected chi connectivity index (χ2v) is 6.57. The van der Waals surface area contributed by atoms with Gasteiger partial charge in [-0.25, -0.2) is 0 Å². The van der Waals surface area contributed by atoms with E-state index in [1.54, 1.807) is 0 Å². The molecule has 1 saturated heterocycles. The zero-order valence-electron chi connectivity index (χ0n) is 13.0. The van der Waals surface area contributed by atoms with E-state index in [4.69, 9.17) is 0 Å². The van der Waals surface area contributed by atoms with E-state index in [0.717, 1.165) is 24.6 Å². The number of aliphatic hydroxyl groups is 1. The number of piperidine rings is 1. The molecule has 1 N–H and O–H groups in total. The summed E-state index contributed by atoms with van der Waals surface area (Å²) in [5.41, 5.74) is 1.05. The van der Waals surface area contributed by atoms with Crippen molar-refractivity contribution < 1.29 is 5.11 Å². The lowest BCUT2D eigenvalue weighted by atomic mass is 9.93. The van der Waals surface area contributed by atoms with Crippen molar-refractivity contribution in [1.82, 2.24) is 4.90 Å². The molecule has 1 fully saturated rings. The summed E-state index contributed by atoms with van der Waals surface area (Å²) in [4.78, 5) is 2.45. The molecule has 0 amide bonds. The minimum atomic E-state index is -0.413. The van der Waals surface area contributed by atoms with E-state index < -0.39 is 6.10 Å². The van der Waals surface area contributed by atoms with Crippen LogP contribution in [0.15, 0.2) is 42.5 Å². The van der Waals surface area contributed by atoms with E-state index in [1.165, 1.54) is 23.6 Å². The Morgan fingerprint density at radius 1 is 1.10 bits per heavy atom. The molecule has 112 valence electrons. The number of aliphatic hydroxyl groups excluding tert-OH is 1. The zero-order valence-corrected chi connectivity index (χ0v) is 13.0.